The van der Waals surface area contributed by atoms with E-state index in [-0.39, 0.29) is 32.3 Å². The van der Waals surface area contributed by atoms with Crippen LogP contribution in [0.5, 0.6) is 0 Å². The number of rotatable bonds is 6. The molecule has 244 valence electrons. The number of hydrogen-bond acceptors (Lipinski definition) is 15. The van der Waals surface area contributed by atoms with E-state index < -0.39 is 123 Å². The Hall–Kier alpha value is -0.640. The van der Waals surface area contributed by atoms with Gasteiger partial charge in [-0.1, -0.05) is 0 Å². The lowest BCUT2D eigenvalue weighted by molar-refractivity contribution is -0.373. The molecule has 2 saturated carbocycles. The van der Waals surface area contributed by atoms with E-state index in [4.69, 9.17) is 23.7 Å². The van der Waals surface area contributed by atoms with Crippen molar-refractivity contribution in [2.45, 2.75) is 136 Å². The van der Waals surface area contributed by atoms with Gasteiger partial charge in [0.15, 0.2) is 24.8 Å². The zero-order valence-electron chi connectivity index (χ0n) is 22.9. The number of aliphatic hydroxyl groups is 13. The molecule has 0 amide bonds. The van der Waals surface area contributed by atoms with Gasteiger partial charge in [0.25, 0.3) is 0 Å². The number of aliphatic hydroxyl groups excluding tert-OH is 11. The summed E-state index contributed by atoms with van der Waals surface area (Å²) in [5.41, 5.74) is 0. The highest BCUT2D eigenvalue weighted by molar-refractivity contribution is 5.00. The van der Waals surface area contributed by atoms with Crippen LogP contribution in [-0.2, 0) is 18.9 Å². The smallest absolute Gasteiger partial charge is 0.187 e. The van der Waals surface area contributed by atoms with Crippen LogP contribution < -0.4 is 0 Å². The van der Waals surface area contributed by atoms with Crippen molar-refractivity contribution in [2.75, 3.05) is 13.2 Å². The normalized spacial score (nSPS) is 55.6. The van der Waals surface area contributed by atoms with E-state index in [2.05, 4.69) is 0 Å². The molecule has 5 fully saturated rings. The van der Waals surface area contributed by atoms with Gasteiger partial charge in [-0.05, 0) is 19.3 Å². The van der Waals surface area contributed by atoms with E-state index in [0.29, 0.717) is 6.42 Å². The molecule has 16 heteroatoms. The first kappa shape index (κ1) is 32.7. The van der Waals surface area contributed by atoms with Crippen molar-refractivity contribution in [3.63, 3.8) is 0 Å². The van der Waals surface area contributed by atoms with E-state index >= 15 is 0 Å². The molecule has 0 bridgehead atoms. The van der Waals surface area contributed by atoms with E-state index in [9.17, 15) is 56.2 Å². The topological polar surface area (TPSA) is 272 Å². The summed E-state index contributed by atoms with van der Waals surface area (Å²) >= 11 is 0. The Kier molecular flexibility index (Phi) is 10.4. The maximum atomic E-state index is 11.0. The molecule has 16 nitrogen and oxygen atoms in total. The Bertz CT molecular complexity index is 869. The van der Waals surface area contributed by atoms with Gasteiger partial charge in [0.05, 0.1) is 43.5 Å². The Morgan fingerprint density at radius 2 is 1.31 bits per heavy atom. The molecule has 17 unspecified atom stereocenters. The molecule has 2 aliphatic carbocycles. The fourth-order valence-electron chi connectivity index (χ4n) is 7.12. The largest absolute Gasteiger partial charge is 0.427 e. The minimum absolute atomic E-state index is 0.0882. The maximum absolute atomic E-state index is 11.0. The quantitative estimate of drug-likeness (QED) is 0.124. The van der Waals surface area contributed by atoms with Gasteiger partial charge in [0.2, 0.25) is 0 Å². The minimum atomic E-state index is -1.74. The van der Waals surface area contributed by atoms with Crippen LogP contribution in [0.1, 0.15) is 32.1 Å². The number of hydrogen-bond donors (Lipinski definition) is 11. The molecule has 0 spiro atoms. The third kappa shape index (κ3) is 6.50. The van der Waals surface area contributed by atoms with Gasteiger partial charge < -0.3 is 79.9 Å². The van der Waals surface area contributed by atoms with Gasteiger partial charge in [-0.2, -0.15) is 0 Å². The first-order valence-corrected chi connectivity index (χ1v) is 14.6. The van der Waals surface area contributed by atoms with Crippen LogP contribution in [0, 0.1) is 11.8 Å². The monoisotopic (exact) mass is 613 g/mol. The van der Waals surface area contributed by atoms with Gasteiger partial charge in [0, 0.05) is 18.8 Å². The molecule has 3 aliphatic heterocycles. The first-order valence-electron chi connectivity index (χ1n) is 14.6. The van der Waals surface area contributed by atoms with E-state index in [1.165, 1.54) is 0 Å². The Morgan fingerprint density at radius 3 is 1.98 bits per heavy atom. The average Bonchev–Trinajstić information content (AvgIpc) is 2.95. The highest BCUT2D eigenvalue weighted by Gasteiger charge is 2.56. The third-order valence-corrected chi connectivity index (χ3v) is 9.50. The molecule has 3 heterocycles. The zero-order chi connectivity index (χ0) is 30.5. The standard InChI is InChI=1S/C26H44O16/c27-6-17-24(42-25-21(36)19(34)14(32)7-38-25)20(35)22(37)26(41-17)40-16-5-10-11(29)3-9(28)4-15(10)39-23(16)8-1-12(30)18(33)13(31)2-8/h8-37H,1-7H2/p+1. The van der Waals surface area contributed by atoms with Crippen molar-refractivity contribution in [1.29, 1.82) is 0 Å². The van der Waals surface area contributed by atoms with Crippen molar-refractivity contribution in [1.82, 2.24) is 0 Å². The van der Waals surface area contributed by atoms with Crippen molar-refractivity contribution in [2.24, 2.45) is 11.8 Å². The molecule has 5 aliphatic rings. The first-order chi connectivity index (χ1) is 19.9. The fourth-order valence-corrected chi connectivity index (χ4v) is 7.12. The summed E-state index contributed by atoms with van der Waals surface area (Å²) in [5, 5.41) is 114. The summed E-state index contributed by atoms with van der Waals surface area (Å²) < 4.78 is 27.6. The Morgan fingerprint density at radius 1 is 0.643 bits per heavy atom. The maximum Gasteiger partial charge on any atom is 0.187 e. The van der Waals surface area contributed by atoms with E-state index in [1.807, 2.05) is 0 Å². The van der Waals surface area contributed by atoms with Gasteiger partial charge in [0.1, 0.15) is 54.9 Å². The molecular formula is C26H45O16+. The number of fused-ring (bicyclic) bond motifs is 1. The highest BCUT2D eigenvalue weighted by atomic mass is 16.7. The second-order valence-corrected chi connectivity index (χ2v) is 12.4. The van der Waals surface area contributed by atoms with Crippen molar-refractivity contribution >= 4 is 0 Å². The van der Waals surface area contributed by atoms with Gasteiger partial charge in [-0.3, -0.25) is 0 Å². The van der Waals surface area contributed by atoms with Crippen molar-refractivity contribution in [3.05, 3.63) is 0 Å². The second kappa shape index (κ2) is 13.4. The molecule has 0 aromatic carbocycles. The van der Waals surface area contributed by atoms with Crippen LogP contribution in [0.15, 0.2) is 0 Å². The van der Waals surface area contributed by atoms with Gasteiger partial charge in [-0.25, -0.2) is 0 Å². The lowest BCUT2D eigenvalue weighted by Crippen LogP contribution is -2.65. The molecule has 3 saturated heterocycles. The number of ether oxygens (including phenoxy) is 5. The van der Waals surface area contributed by atoms with E-state index in [1.54, 1.807) is 0 Å². The molecular weight excluding hydrogens is 568 g/mol. The second-order valence-electron chi connectivity index (χ2n) is 12.4. The Balaban J connectivity index is 1.32. The molecule has 0 aromatic rings. The van der Waals surface area contributed by atoms with Crippen LogP contribution in [0.3, 0.4) is 0 Å². The molecule has 17 atom stereocenters. The predicted octanol–water partition coefficient (Wildman–Crippen LogP) is -6.07. The fraction of sp³-hybridized carbons (Fsp3) is 1.00. The SMILES string of the molecule is OCC1OC(OC2CC3C(O)CC(O)CC3[OH+]C2C2CC(O)C(O)C(O)C2)C(O)C(O)C1OC1OCC(O)C(O)C1O. The van der Waals surface area contributed by atoms with Gasteiger partial charge in [-0.15, -0.1) is 0 Å². The third-order valence-electron chi connectivity index (χ3n) is 9.50. The molecule has 42 heavy (non-hydrogen) atoms. The van der Waals surface area contributed by atoms with Crippen LogP contribution in [0.4, 0.5) is 0 Å². The summed E-state index contributed by atoms with van der Waals surface area (Å²) in [6.45, 7) is -1.08. The molecule has 0 radical (unpaired) electrons. The van der Waals surface area contributed by atoms with Crippen molar-refractivity contribution < 1.29 is 79.9 Å². The minimum Gasteiger partial charge on any atom is -0.427 e. The lowest BCUT2D eigenvalue weighted by Gasteiger charge is -2.49. The molecule has 0 aromatic heterocycles. The summed E-state index contributed by atoms with van der Waals surface area (Å²) in [6.07, 6.45) is -20.4. The molecule has 5 rings (SSSR count). The summed E-state index contributed by atoms with van der Waals surface area (Å²) in [6, 6.07) is 0. The van der Waals surface area contributed by atoms with Gasteiger partial charge >= 0.3 is 0 Å². The van der Waals surface area contributed by atoms with Crippen molar-refractivity contribution in [3.8, 4) is 0 Å². The van der Waals surface area contributed by atoms with Crippen LogP contribution >= 0.6 is 0 Å². The van der Waals surface area contributed by atoms with Crippen LogP contribution in [-0.4, -0.2) is 178 Å². The van der Waals surface area contributed by atoms with Crippen LogP contribution in [0.2, 0.25) is 0 Å². The zero-order valence-corrected chi connectivity index (χ0v) is 22.9. The average molecular weight is 614 g/mol. The molecule has 12 N–H and O–H groups in total. The summed E-state index contributed by atoms with van der Waals surface area (Å²) in [5.74, 6) is -0.872. The summed E-state index contributed by atoms with van der Waals surface area (Å²) in [7, 11) is 0. The summed E-state index contributed by atoms with van der Waals surface area (Å²) in [4.78, 5) is 0. The van der Waals surface area contributed by atoms with Crippen LogP contribution in [0.25, 0.3) is 0 Å². The Labute approximate surface area is 241 Å². The predicted molar refractivity (Wildman–Crippen MR) is 135 cm³/mol. The lowest BCUT2D eigenvalue weighted by atomic mass is 9.72. The highest BCUT2D eigenvalue weighted by Crippen LogP contribution is 2.42. The van der Waals surface area contributed by atoms with E-state index in [0.717, 1.165) is 0 Å².